The summed E-state index contributed by atoms with van der Waals surface area (Å²) < 4.78 is 33.1. The highest BCUT2D eigenvalue weighted by molar-refractivity contribution is 5.46. The van der Waals surface area contributed by atoms with Gasteiger partial charge in [-0.15, -0.1) is 0 Å². The van der Waals surface area contributed by atoms with Gasteiger partial charge in [-0.05, 0) is 66.6 Å². The molecule has 0 N–H and O–H groups in total. The number of hydrogen-bond donors (Lipinski definition) is 0. The van der Waals surface area contributed by atoms with Crippen LogP contribution < -0.4 is 4.74 Å². The van der Waals surface area contributed by atoms with Crippen molar-refractivity contribution in [2.24, 2.45) is 0 Å². The summed E-state index contributed by atoms with van der Waals surface area (Å²) in [5.74, 6) is 7.94. The topological polar surface area (TPSA) is 9.23 Å². The Hall–Kier alpha value is -3.04. The molecule has 0 atom stereocenters. The van der Waals surface area contributed by atoms with Crippen molar-refractivity contribution in [3.63, 3.8) is 0 Å². The van der Waals surface area contributed by atoms with Gasteiger partial charge < -0.3 is 4.74 Å². The summed E-state index contributed by atoms with van der Waals surface area (Å²) in [4.78, 5) is 0. The van der Waals surface area contributed by atoms with E-state index >= 15 is 0 Å². The number of rotatable bonds is 5. The third kappa shape index (κ3) is 7.00. The normalized spacial score (nSPS) is 10.8. The predicted octanol–water partition coefficient (Wildman–Crippen LogP) is 5.98. The van der Waals surface area contributed by atoms with Gasteiger partial charge in [0.1, 0.15) is 5.75 Å². The van der Waals surface area contributed by atoms with Crippen LogP contribution in [0.5, 0.6) is 5.75 Å². The first-order valence-electron chi connectivity index (χ1n) is 9.03. The van der Waals surface area contributed by atoms with E-state index < -0.39 is 11.7 Å². The van der Waals surface area contributed by atoms with Gasteiger partial charge in [-0.1, -0.05) is 44.2 Å². The lowest BCUT2D eigenvalue weighted by Gasteiger charge is -2.03. The molecule has 2 aromatic carbocycles. The minimum atomic E-state index is -1.17. The van der Waals surface area contributed by atoms with Crippen LogP contribution in [0.2, 0.25) is 0 Å². The van der Waals surface area contributed by atoms with E-state index in [-0.39, 0.29) is 0 Å². The lowest BCUT2D eigenvalue weighted by Crippen LogP contribution is -1.94. The van der Waals surface area contributed by atoms with Crippen molar-refractivity contribution >= 4 is 0 Å². The summed E-state index contributed by atoms with van der Waals surface area (Å²) in [6.45, 7) is 4.76. The largest absolute Gasteiger partial charge is 0.494 e. The van der Waals surface area contributed by atoms with Crippen molar-refractivity contribution in [2.45, 2.75) is 33.1 Å². The van der Waals surface area contributed by atoms with Crippen LogP contribution in [-0.4, -0.2) is 6.61 Å². The Morgan fingerprint density at radius 3 is 1.78 bits per heavy atom. The van der Waals surface area contributed by atoms with Crippen molar-refractivity contribution in [1.82, 2.24) is 0 Å². The molecule has 0 heterocycles. The van der Waals surface area contributed by atoms with E-state index in [1.54, 1.807) is 36.4 Å². The maximum atomic E-state index is 13.8. The quantitative estimate of drug-likeness (QED) is 0.593. The highest BCUT2D eigenvalue weighted by Gasteiger charge is 2.00. The molecule has 2 rings (SSSR count). The summed E-state index contributed by atoms with van der Waals surface area (Å²) in [6.07, 6.45) is 2.96. The predicted molar refractivity (Wildman–Crippen MR) is 106 cm³/mol. The first-order chi connectivity index (χ1) is 13.1. The highest BCUT2D eigenvalue weighted by atomic mass is 19.2. The van der Waals surface area contributed by atoms with Crippen LogP contribution in [0.1, 0.15) is 43.4 Å². The third-order valence-electron chi connectivity index (χ3n) is 3.65. The van der Waals surface area contributed by atoms with Gasteiger partial charge in [-0.25, -0.2) is 0 Å². The number of ether oxygens (including phenoxy) is 1. The molecule has 0 spiro atoms. The van der Waals surface area contributed by atoms with Crippen molar-refractivity contribution in [1.29, 1.82) is 0 Å². The van der Waals surface area contributed by atoms with Crippen LogP contribution in [0.3, 0.4) is 0 Å². The first kappa shape index (κ1) is 20.3. The van der Waals surface area contributed by atoms with Crippen LogP contribution in [0.15, 0.2) is 60.2 Å². The van der Waals surface area contributed by atoms with E-state index in [0.29, 0.717) is 17.7 Å². The molecular formula is C24H22F2O. The van der Waals surface area contributed by atoms with Crippen molar-refractivity contribution in [2.75, 3.05) is 6.61 Å². The third-order valence-corrected chi connectivity index (χ3v) is 3.65. The van der Waals surface area contributed by atoms with Gasteiger partial charge in [0.05, 0.1) is 6.61 Å². The number of hydrogen-bond acceptors (Lipinski definition) is 1. The average molecular weight is 364 g/mol. The lowest BCUT2D eigenvalue weighted by atomic mass is 10.1. The zero-order valence-electron chi connectivity index (χ0n) is 15.6. The number of aryl methyl sites for hydroxylation is 1. The average Bonchev–Trinajstić information content (AvgIpc) is 2.70. The monoisotopic (exact) mass is 364 g/mol. The van der Waals surface area contributed by atoms with Gasteiger partial charge in [0.2, 0.25) is 11.7 Å². The fourth-order valence-corrected chi connectivity index (χ4v) is 2.26. The Bertz CT molecular complexity index is 886. The van der Waals surface area contributed by atoms with Crippen LogP contribution in [0.4, 0.5) is 8.78 Å². The molecule has 0 amide bonds. The Morgan fingerprint density at radius 1 is 0.778 bits per heavy atom. The molecule has 3 heteroatoms. The Morgan fingerprint density at radius 2 is 1.30 bits per heavy atom. The van der Waals surface area contributed by atoms with Crippen molar-refractivity contribution in [3.8, 4) is 29.4 Å². The maximum Gasteiger partial charge on any atom is 0.217 e. The molecule has 27 heavy (non-hydrogen) atoms. The molecule has 138 valence electrons. The van der Waals surface area contributed by atoms with Crippen molar-refractivity contribution < 1.29 is 13.5 Å². The minimum absolute atomic E-state index is 0.571. The van der Waals surface area contributed by atoms with E-state index in [0.717, 1.165) is 25.0 Å². The lowest BCUT2D eigenvalue weighted by molar-refractivity contribution is 0.317. The zero-order valence-corrected chi connectivity index (χ0v) is 15.6. The molecule has 0 fully saturated rings. The molecule has 0 radical (unpaired) electrons. The fourth-order valence-electron chi connectivity index (χ4n) is 2.26. The van der Waals surface area contributed by atoms with Crippen LogP contribution >= 0.6 is 0 Å². The molecule has 0 bridgehead atoms. The first-order valence-corrected chi connectivity index (χ1v) is 9.03. The molecule has 0 saturated carbocycles. The Kier molecular flexibility index (Phi) is 8.14. The number of halogens is 2. The van der Waals surface area contributed by atoms with Gasteiger partial charge >= 0.3 is 0 Å². The molecule has 1 nitrogen and oxygen atoms in total. The van der Waals surface area contributed by atoms with Crippen LogP contribution in [0, 0.1) is 23.7 Å². The molecule has 0 aliphatic heterocycles. The van der Waals surface area contributed by atoms with Gasteiger partial charge in [0, 0.05) is 11.1 Å². The fraction of sp³-hybridized carbons (Fsp3) is 0.250. The van der Waals surface area contributed by atoms with Crippen LogP contribution in [0.25, 0.3) is 0 Å². The summed E-state index contributed by atoms with van der Waals surface area (Å²) in [6, 6.07) is 14.4. The van der Waals surface area contributed by atoms with Gasteiger partial charge in [0.25, 0.3) is 0 Å². The maximum absolute atomic E-state index is 13.8. The molecular weight excluding hydrogens is 342 g/mol. The molecule has 0 aliphatic rings. The molecule has 2 aromatic rings. The van der Waals surface area contributed by atoms with Gasteiger partial charge in [-0.3, -0.25) is 0 Å². The van der Waals surface area contributed by atoms with E-state index in [1.807, 2.05) is 19.1 Å². The van der Waals surface area contributed by atoms with E-state index in [4.69, 9.17) is 4.74 Å². The standard InChI is InChI=1S/C24H22F2O/c1-3-5-19-6-8-20(9-7-19)12-16-23(25)24(26)17-13-21-10-14-22(15-11-21)27-18-4-2/h6-11,14-15H,3-5,18H2,1-2H3/b24-23+. The SMILES string of the molecule is CCCOc1ccc(C#C/C(F)=C(\F)C#Cc2ccc(CCC)cc2)cc1. The second-order valence-corrected chi connectivity index (χ2v) is 5.95. The number of benzene rings is 2. The summed E-state index contributed by atoms with van der Waals surface area (Å²) >= 11 is 0. The van der Waals surface area contributed by atoms with E-state index in [1.165, 1.54) is 5.56 Å². The highest BCUT2D eigenvalue weighted by Crippen LogP contribution is 2.13. The second kappa shape index (κ2) is 10.8. The summed E-state index contributed by atoms with van der Waals surface area (Å²) in [5.41, 5.74) is 2.40. The van der Waals surface area contributed by atoms with Crippen LogP contribution in [-0.2, 0) is 6.42 Å². The second-order valence-electron chi connectivity index (χ2n) is 5.95. The number of allylic oxidation sites excluding steroid dienone is 2. The molecule has 0 aromatic heterocycles. The molecule has 0 unspecified atom stereocenters. The summed E-state index contributed by atoms with van der Waals surface area (Å²) in [7, 11) is 0. The minimum Gasteiger partial charge on any atom is -0.494 e. The van der Waals surface area contributed by atoms with Gasteiger partial charge in [-0.2, -0.15) is 8.78 Å². The Labute approximate surface area is 160 Å². The van der Waals surface area contributed by atoms with E-state index in [9.17, 15) is 8.78 Å². The smallest absolute Gasteiger partial charge is 0.217 e. The molecule has 0 saturated heterocycles. The van der Waals surface area contributed by atoms with Gasteiger partial charge in [0.15, 0.2) is 0 Å². The van der Waals surface area contributed by atoms with Crippen molar-refractivity contribution in [3.05, 3.63) is 76.9 Å². The zero-order chi connectivity index (χ0) is 19.5. The van der Waals surface area contributed by atoms with E-state index in [2.05, 4.69) is 30.6 Å². The Balaban J connectivity index is 2.05. The molecule has 0 aliphatic carbocycles. The summed E-state index contributed by atoms with van der Waals surface area (Å²) in [5, 5.41) is 0.